The normalized spacial score (nSPS) is 12.1. The van der Waals surface area contributed by atoms with Crippen LogP contribution in [0.5, 0.6) is 0 Å². The number of aromatic amines is 1. The number of likely N-dealkylation sites (N-methyl/N-ethyl adjacent to an activating group) is 1. The molecule has 0 spiro atoms. The molecule has 1 aromatic carbocycles. The van der Waals surface area contributed by atoms with E-state index in [1.54, 1.807) is 53.7 Å². The number of amides is 1. The number of nitrogens with two attached hydrogens (primary N) is 1. The number of hydrogen-bond acceptors (Lipinski definition) is 4. The predicted octanol–water partition coefficient (Wildman–Crippen LogP) is 1.26. The molecule has 2 heterocycles. The lowest BCUT2D eigenvalue weighted by molar-refractivity contribution is -0.131. The van der Waals surface area contributed by atoms with Gasteiger partial charge in [-0.1, -0.05) is 0 Å². The number of imidazole rings is 1. The molecule has 0 saturated heterocycles. The Bertz CT molecular complexity index is 827. The van der Waals surface area contributed by atoms with Crippen LogP contribution in [0.3, 0.4) is 0 Å². The molecule has 0 bridgehead atoms. The fourth-order valence-corrected chi connectivity index (χ4v) is 2.53. The highest BCUT2D eigenvalue weighted by molar-refractivity contribution is 5.81. The zero-order chi connectivity index (χ0) is 17.8. The first-order valence-corrected chi connectivity index (χ1v) is 7.80. The van der Waals surface area contributed by atoms with Gasteiger partial charge in [0.05, 0.1) is 24.3 Å². The molecular weight excluding hydrogens is 323 g/mol. The van der Waals surface area contributed by atoms with Crippen molar-refractivity contribution in [3.05, 3.63) is 66.3 Å². The van der Waals surface area contributed by atoms with Crippen molar-refractivity contribution in [2.45, 2.75) is 19.0 Å². The van der Waals surface area contributed by atoms with Crippen molar-refractivity contribution in [2.24, 2.45) is 5.73 Å². The molecule has 2 aromatic heterocycles. The first kappa shape index (κ1) is 16.8. The van der Waals surface area contributed by atoms with Gasteiger partial charge in [-0.3, -0.25) is 4.79 Å². The van der Waals surface area contributed by atoms with Gasteiger partial charge in [0.15, 0.2) is 0 Å². The van der Waals surface area contributed by atoms with Crippen molar-refractivity contribution >= 4 is 5.91 Å². The molecule has 0 saturated carbocycles. The third-order valence-electron chi connectivity index (χ3n) is 3.84. The van der Waals surface area contributed by atoms with Crippen molar-refractivity contribution in [1.29, 1.82) is 0 Å². The van der Waals surface area contributed by atoms with Crippen LogP contribution in [-0.2, 0) is 17.8 Å². The number of benzene rings is 1. The molecule has 3 aromatic rings. The van der Waals surface area contributed by atoms with E-state index in [1.807, 2.05) is 0 Å². The van der Waals surface area contributed by atoms with Crippen LogP contribution in [0.15, 0.2) is 49.2 Å². The van der Waals surface area contributed by atoms with E-state index in [-0.39, 0.29) is 11.7 Å². The topological polar surface area (TPSA) is 92.8 Å². The van der Waals surface area contributed by atoms with Crippen LogP contribution in [0.25, 0.3) is 5.69 Å². The maximum atomic E-state index is 13.0. The van der Waals surface area contributed by atoms with E-state index in [9.17, 15) is 9.18 Å². The Morgan fingerprint density at radius 2 is 2.12 bits per heavy atom. The minimum absolute atomic E-state index is 0.163. The summed E-state index contributed by atoms with van der Waals surface area (Å²) in [6.45, 7) is 0.386. The Balaban J connectivity index is 1.61. The number of nitrogens with one attached hydrogen (secondary N) is 1. The van der Waals surface area contributed by atoms with Crippen LogP contribution >= 0.6 is 0 Å². The van der Waals surface area contributed by atoms with E-state index < -0.39 is 6.04 Å². The molecule has 3 N–H and O–H groups in total. The number of carbonyl (C=O) groups excluding carboxylic acids is 1. The second kappa shape index (κ2) is 7.27. The van der Waals surface area contributed by atoms with Gasteiger partial charge in [0.2, 0.25) is 5.91 Å². The number of nitrogens with zero attached hydrogens (tertiary/aromatic N) is 4. The summed E-state index contributed by atoms with van der Waals surface area (Å²) in [6, 6.07) is 5.39. The van der Waals surface area contributed by atoms with Crippen LogP contribution in [0.4, 0.5) is 4.39 Å². The lowest BCUT2D eigenvalue weighted by Crippen LogP contribution is -2.42. The van der Waals surface area contributed by atoms with Gasteiger partial charge < -0.3 is 15.6 Å². The van der Waals surface area contributed by atoms with Crippen molar-refractivity contribution < 1.29 is 9.18 Å². The van der Waals surface area contributed by atoms with Crippen LogP contribution in [0.2, 0.25) is 0 Å². The largest absolute Gasteiger partial charge is 0.348 e. The minimum atomic E-state index is -0.641. The van der Waals surface area contributed by atoms with Crippen LogP contribution in [-0.4, -0.2) is 43.6 Å². The van der Waals surface area contributed by atoms with Crippen molar-refractivity contribution in [1.82, 2.24) is 24.6 Å². The summed E-state index contributed by atoms with van der Waals surface area (Å²) in [4.78, 5) is 20.8. The maximum Gasteiger partial charge on any atom is 0.239 e. The number of rotatable bonds is 6. The molecule has 0 aliphatic carbocycles. The molecule has 0 aliphatic heterocycles. The summed E-state index contributed by atoms with van der Waals surface area (Å²) in [7, 11) is 1.70. The molecule has 25 heavy (non-hydrogen) atoms. The maximum absolute atomic E-state index is 13.0. The molecule has 8 heteroatoms. The SMILES string of the molecule is CN(Cc1cnn(-c2ccc(F)cc2)c1)C(=O)[C@@H](N)Cc1cnc[nH]1. The van der Waals surface area contributed by atoms with Crippen molar-refractivity contribution in [2.75, 3.05) is 7.05 Å². The smallest absolute Gasteiger partial charge is 0.239 e. The van der Waals surface area contributed by atoms with E-state index in [1.165, 1.54) is 12.1 Å². The highest BCUT2D eigenvalue weighted by Crippen LogP contribution is 2.11. The second-order valence-corrected chi connectivity index (χ2v) is 5.85. The summed E-state index contributed by atoms with van der Waals surface area (Å²) in [5, 5.41) is 4.25. The number of carbonyl (C=O) groups is 1. The van der Waals surface area contributed by atoms with Gasteiger partial charge in [-0.15, -0.1) is 0 Å². The third-order valence-corrected chi connectivity index (χ3v) is 3.84. The fraction of sp³-hybridized carbons (Fsp3) is 0.235. The second-order valence-electron chi connectivity index (χ2n) is 5.85. The highest BCUT2D eigenvalue weighted by atomic mass is 19.1. The summed E-state index contributed by atoms with van der Waals surface area (Å²) in [6.07, 6.45) is 7.09. The summed E-state index contributed by atoms with van der Waals surface area (Å²) in [5.74, 6) is -0.461. The zero-order valence-electron chi connectivity index (χ0n) is 13.8. The van der Waals surface area contributed by atoms with Crippen LogP contribution < -0.4 is 5.73 Å². The van der Waals surface area contributed by atoms with Gasteiger partial charge >= 0.3 is 0 Å². The molecule has 0 radical (unpaired) electrons. The average molecular weight is 342 g/mol. The zero-order valence-corrected chi connectivity index (χ0v) is 13.8. The van der Waals surface area contributed by atoms with Gasteiger partial charge in [0.1, 0.15) is 5.82 Å². The van der Waals surface area contributed by atoms with Gasteiger partial charge in [0.25, 0.3) is 0 Å². The van der Waals surface area contributed by atoms with E-state index in [0.29, 0.717) is 13.0 Å². The van der Waals surface area contributed by atoms with Crippen LogP contribution in [0, 0.1) is 5.82 Å². The van der Waals surface area contributed by atoms with Gasteiger partial charge in [-0.25, -0.2) is 14.1 Å². The Hall–Kier alpha value is -3.00. The molecule has 3 rings (SSSR count). The Labute approximate surface area is 144 Å². The molecular formula is C17H19FN6O. The summed E-state index contributed by atoms with van der Waals surface area (Å²) >= 11 is 0. The number of hydrogen-bond donors (Lipinski definition) is 2. The average Bonchev–Trinajstić information content (AvgIpc) is 3.27. The number of H-pyrrole nitrogens is 1. The predicted molar refractivity (Wildman–Crippen MR) is 90.3 cm³/mol. The molecule has 1 amide bonds. The van der Waals surface area contributed by atoms with Crippen LogP contribution in [0.1, 0.15) is 11.3 Å². The summed E-state index contributed by atoms with van der Waals surface area (Å²) < 4.78 is 14.6. The minimum Gasteiger partial charge on any atom is -0.348 e. The Morgan fingerprint density at radius 3 is 2.80 bits per heavy atom. The van der Waals surface area contributed by atoms with Gasteiger partial charge in [0, 0.05) is 43.7 Å². The molecule has 0 fully saturated rings. The summed E-state index contributed by atoms with van der Waals surface area (Å²) in [5.41, 5.74) is 8.40. The third kappa shape index (κ3) is 4.10. The van der Waals surface area contributed by atoms with E-state index >= 15 is 0 Å². The molecule has 1 atom stereocenters. The Morgan fingerprint density at radius 1 is 1.36 bits per heavy atom. The van der Waals surface area contributed by atoms with Gasteiger partial charge in [-0.2, -0.15) is 5.10 Å². The molecule has 0 unspecified atom stereocenters. The van der Waals surface area contributed by atoms with E-state index in [4.69, 9.17) is 5.73 Å². The van der Waals surface area contributed by atoms with Crippen molar-refractivity contribution in [3.8, 4) is 5.69 Å². The molecule has 0 aliphatic rings. The lowest BCUT2D eigenvalue weighted by Gasteiger charge is -2.20. The van der Waals surface area contributed by atoms with Gasteiger partial charge in [-0.05, 0) is 24.3 Å². The highest BCUT2D eigenvalue weighted by Gasteiger charge is 2.19. The van der Waals surface area contributed by atoms with Crippen molar-refractivity contribution in [3.63, 3.8) is 0 Å². The van der Waals surface area contributed by atoms with E-state index in [2.05, 4.69) is 15.1 Å². The standard InChI is InChI=1S/C17H19FN6O/c1-23(17(25)16(19)6-14-8-20-11-21-14)9-12-7-22-24(10-12)15-4-2-13(18)3-5-15/h2-5,7-8,10-11,16H,6,9,19H2,1H3,(H,20,21)/t16-/m0/s1. The quantitative estimate of drug-likeness (QED) is 0.705. The molecule has 7 nitrogen and oxygen atoms in total. The molecule has 130 valence electrons. The Kier molecular flexibility index (Phi) is 4.90. The fourth-order valence-electron chi connectivity index (χ4n) is 2.53. The van der Waals surface area contributed by atoms with E-state index in [0.717, 1.165) is 16.9 Å². The first-order chi connectivity index (χ1) is 12.0. The first-order valence-electron chi connectivity index (χ1n) is 7.80. The number of halogens is 1. The lowest BCUT2D eigenvalue weighted by atomic mass is 10.1. The number of aromatic nitrogens is 4. The monoisotopic (exact) mass is 342 g/mol.